The monoisotopic (exact) mass is 283 g/mol. The lowest BCUT2D eigenvalue weighted by molar-refractivity contribution is 0.257. The van der Waals surface area contributed by atoms with Gasteiger partial charge in [0.15, 0.2) is 0 Å². The Balaban J connectivity index is 1.46. The third kappa shape index (κ3) is 2.65. The van der Waals surface area contributed by atoms with Crippen molar-refractivity contribution in [2.75, 3.05) is 11.9 Å². The van der Waals surface area contributed by atoms with Crippen LogP contribution in [0.15, 0.2) is 36.9 Å². The summed E-state index contributed by atoms with van der Waals surface area (Å²) in [5, 5.41) is 11.4. The van der Waals surface area contributed by atoms with Gasteiger partial charge in [0.2, 0.25) is 0 Å². The number of hydrogen-bond acceptors (Lipinski definition) is 4. The van der Waals surface area contributed by atoms with E-state index in [1.807, 2.05) is 4.57 Å². The second kappa shape index (κ2) is 5.15. The summed E-state index contributed by atoms with van der Waals surface area (Å²) >= 11 is 0. The smallest absolute Gasteiger partial charge is 0.123 e. The van der Waals surface area contributed by atoms with Crippen LogP contribution < -0.4 is 5.32 Å². The second-order valence-electron chi connectivity index (χ2n) is 6.27. The van der Waals surface area contributed by atoms with Crippen molar-refractivity contribution in [2.45, 2.75) is 44.3 Å². The van der Waals surface area contributed by atoms with Gasteiger partial charge in [0.25, 0.3) is 0 Å². The Morgan fingerprint density at radius 2 is 2.00 bits per heavy atom. The largest absolute Gasteiger partial charge is 0.381 e. The highest BCUT2D eigenvalue weighted by atomic mass is 15.3. The summed E-state index contributed by atoms with van der Waals surface area (Å²) in [6.07, 6.45) is 7.46. The molecule has 1 saturated carbocycles. The lowest BCUT2D eigenvalue weighted by Gasteiger charge is -2.20. The van der Waals surface area contributed by atoms with E-state index in [9.17, 15) is 0 Å². The second-order valence-corrected chi connectivity index (χ2v) is 6.27. The maximum Gasteiger partial charge on any atom is 0.123 e. The van der Waals surface area contributed by atoms with Crippen LogP contribution in [0, 0.1) is 0 Å². The fraction of sp³-hybridized carbons (Fsp3) is 0.500. The SMILES string of the molecule is C[C@@H]1C[C@@H](Nc2cccc(-n3cnnc3)c2)CN1C1CC1. The van der Waals surface area contributed by atoms with Gasteiger partial charge >= 0.3 is 0 Å². The van der Waals surface area contributed by atoms with Gasteiger partial charge in [-0.2, -0.15) is 0 Å². The van der Waals surface area contributed by atoms with Gasteiger partial charge in [0, 0.05) is 30.4 Å². The Morgan fingerprint density at radius 1 is 1.19 bits per heavy atom. The Morgan fingerprint density at radius 3 is 2.76 bits per heavy atom. The van der Waals surface area contributed by atoms with Gasteiger partial charge in [-0.3, -0.25) is 9.47 Å². The van der Waals surface area contributed by atoms with Gasteiger partial charge < -0.3 is 5.32 Å². The molecule has 1 saturated heterocycles. The number of hydrogen-bond donors (Lipinski definition) is 1. The summed E-state index contributed by atoms with van der Waals surface area (Å²) in [5.41, 5.74) is 2.27. The Bertz CT molecular complexity index is 605. The molecular formula is C16H21N5. The number of likely N-dealkylation sites (tertiary alicyclic amines) is 1. The Hall–Kier alpha value is -1.88. The summed E-state index contributed by atoms with van der Waals surface area (Å²) in [4.78, 5) is 2.67. The van der Waals surface area contributed by atoms with Crippen LogP contribution in [0.1, 0.15) is 26.2 Å². The number of nitrogens with one attached hydrogen (secondary N) is 1. The predicted molar refractivity (Wildman–Crippen MR) is 82.6 cm³/mol. The van der Waals surface area contributed by atoms with Gasteiger partial charge in [-0.15, -0.1) is 10.2 Å². The van der Waals surface area contributed by atoms with Crippen LogP contribution in [0.25, 0.3) is 5.69 Å². The zero-order valence-corrected chi connectivity index (χ0v) is 12.3. The van der Waals surface area contributed by atoms with E-state index in [1.54, 1.807) is 12.7 Å². The van der Waals surface area contributed by atoms with Gasteiger partial charge in [-0.05, 0) is 44.4 Å². The van der Waals surface area contributed by atoms with E-state index in [2.05, 4.69) is 51.6 Å². The third-order valence-electron chi connectivity index (χ3n) is 4.57. The van der Waals surface area contributed by atoms with Crippen molar-refractivity contribution in [3.63, 3.8) is 0 Å². The lowest BCUT2D eigenvalue weighted by atomic mass is 10.2. The fourth-order valence-electron chi connectivity index (χ4n) is 3.40. The average molecular weight is 283 g/mol. The highest BCUT2D eigenvalue weighted by Crippen LogP contribution is 2.34. The number of rotatable bonds is 4. The molecule has 2 aliphatic rings. The van der Waals surface area contributed by atoms with Crippen molar-refractivity contribution in [3.05, 3.63) is 36.9 Å². The zero-order valence-electron chi connectivity index (χ0n) is 12.3. The van der Waals surface area contributed by atoms with Crippen LogP contribution in [0.4, 0.5) is 5.69 Å². The van der Waals surface area contributed by atoms with Crippen molar-refractivity contribution >= 4 is 5.69 Å². The van der Waals surface area contributed by atoms with E-state index >= 15 is 0 Å². The molecule has 1 aliphatic carbocycles. The van der Waals surface area contributed by atoms with E-state index in [-0.39, 0.29) is 0 Å². The molecule has 1 N–H and O–H groups in total. The van der Waals surface area contributed by atoms with E-state index in [4.69, 9.17) is 0 Å². The number of benzene rings is 1. The topological polar surface area (TPSA) is 46.0 Å². The molecule has 2 atom stereocenters. The predicted octanol–water partition coefficient (Wildman–Crippen LogP) is 2.30. The minimum absolute atomic E-state index is 0.553. The van der Waals surface area contributed by atoms with Gasteiger partial charge in [0.1, 0.15) is 12.7 Å². The van der Waals surface area contributed by atoms with Gasteiger partial charge in [0.05, 0.1) is 5.69 Å². The Kier molecular flexibility index (Phi) is 3.15. The van der Waals surface area contributed by atoms with Crippen LogP contribution in [0.3, 0.4) is 0 Å². The first-order valence-electron chi connectivity index (χ1n) is 7.77. The molecule has 0 bridgehead atoms. The van der Waals surface area contributed by atoms with Crippen molar-refractivity contribution in [2.24, 2.45) is 0 Å². The van der Waals surface area contributed by atoms with Crippen LogP contribution >= 0.6 is 0 Å². The molecule has 0 spiro atoms. The molecule has 0 amide bonds. The number of aromatic nitrogens is 3. The van der Waals surface area contributed by atoms with Gasteiger partial charge in [-0.1, -0.05) is 6.07 Å². The van der Waals surface area contributed by atoms with Crippen LogP contribution in [-0.2, 0) is 0 Å². The quantitative estimate of drug-likeness (QED) is 0.935. The summed E-state index contributed by atoms with van der Waals surface area (Å²) in [5.74, 6) is 0. The van der Waals surface area contributed by atoms with Crippen LogP contribution in [-0.4, -0.2) is 44.3 Å². The molecule has 5 nitrogen and oxygen atoms in total. The molecule has 1 aromatic heterocycles. The van der Waals surface area contributed by atoms with Crippen molar-refractivity contribution in [1.29, 1.82) is 0 Å². The number of anilines is 1. The standard InChI is InChI=1S/C16H21N5/c1-12-7-14(9-21(12)15-5-6-15)19-13-3-2-4-16(8-13)20-10-17-18-11-20/h2-4,8,10-12,14-15,19H,5-7,9H2,1H3/t12-,14-/m1/s1. The highest BCUT2D eigenvalue weighted by Gasteiger charge is 2.38. The zero-order chi connectivity index (χ0) is 14.2. The molecule has 1 aliphatic heterocycles. The molecule has 0 radical (unpaired) electrons. The first-order valence-corrected chi connectivity index (χ1v) is 7.77. The summed E-state index contributed by atoms with van der Waals surface area (Å²) in [7, 11) is 0. The molecule has 2 fully saturated rings. The fourth-order valence-corrected chi connectivity index (χ4v) is 3.40. The lowest BCUT2D eigenvalue weighted by Crippen LogP contribution is -2.31. The van der Waals surface area contributed by atoms with Gasteiger partial charge in [-0.25, -0.2) is 0 Å². The summed E-state index contributed by atoms with van der Waals surface area (Å²) in [6, 6.07) is 10.6. The van der Waals surface area contributed by atoms with Crippen molar-refractivity contribution < 1.29 is 0 Å². The van der Waals surface area contributed by atoms with Crippen LogP contribution in [0.2, 0.25) is 0 Å². The minimum atomic E-state index is 0.553. The molecule has 110 valence electrons. The van der Waals surface area contributed by atoms with E-state index in [1.165, 1.54) is 31.5 Å². The first kappa shape index (κ1) is 12.8. The van der Waals surface area contributed by atoms with Crippen LogP contribution in [0.5, 0.6) is 0 Å². The normalized spacial score (nSPS) is 26.1. The molecule has 5 heteroatoms. The molecule has 2 aromatic rings. The van der Waals surface area contributed by atoms with E-state index in [0.29, 0.717) is 12.1 Å². The van der Waals surface area contributed by atoms with E-state index in [0.717, 1.165) is 11.7 Å². The number of nitrogens with zero attached hydrogens (tertiary/aromatic N) is 4. The van der Waals surface area contributed by atoms with Crippen molar-refractivity contribution in [3.8, 4) is 5.69 Å². The summed E-state index contributed by atoms with van der Waals surface area (Å²) in [6.45, 7) is 3.52. The Labute approximate surface area is 125 Å². The molecule has 21 heavy (non-hydrogen) atoms. The maximum absolute atomic E-state index is 3.86. The molecule has 2 heterocycles. The maximum atomic E-state index is 3.86. The average Bonchev–Trinajstić information content (AvgIpc) is 3.04. The first-order chi connectivity index (χ1) is 10.3. The van der Waals surface area contributed by atoms with Crippen molar-refractivity contribution in [1.82, 2.24) is 19.7 Å². The molecule has 1 aromatic carbocycles. The highest BCUT2D eigenvalue weighted by molar-refractivity contribution is 5.51. The molecular weight excluding hydrogens is 262 g/mol. The third-order valence-corrected chi connectivity index (χ3v) is 4.57. The van der Waals surface area contributed by atoms with E-state index < -0.39 is 0 Å². The molecule has 4 rings (SSSR count). The molecule has 0 unspecified atom stereocenters. The summed E-state index contributed by atoms with van der Waals surface area (Å²) < 4.78 is 1.93. The minimum Gasteiger partial charge on any atom is -0.381 e.